The van der Waals surface area contributed by atoms with Gasteiger partial charge in [0, 0.05) is 21.6 Å². The molecule has 21 heavy (non-hydrogen) atoms. The molecule has 110 valence electrons. The molecule has 0 unspecified atom stereocenters. The first-order chi connectivity index (χ1) is 9.77. The quantitative estimate of drug-likeness (QED) is 0.661. The van der Waals surface area contributed by atoms with E-state index in [9.17, 15) is 8.42 Å². The highest BCUT2D eigenvalue weighted by Gasteiger charge is 2.08. The molecule has 0 aliphatic heterocycles. The molecule has 2 aromatic carbocycles. The molecule has 4 nitrogen and oxygen atoms in total. The molecule has 0 aliphatic carbocycles. The van der Waals surface area contributed by atoms with E-state index >= 15 is 0 Å². The van der Waals surface area contributed by atoms with Crippen molar-refractivity contribution in [2.24, 2.45) is 5.73 Å². The number of amidine groups is 1. The van der Waals surface area contributed by atoms with Gasteiger partial charge in [0.1, 0.15) is 5.84 Å². The first-order valence-electron chi connectivity index (χ1n) is 5.89. The molecule has 0 atom stereocenters. The third-order valence-corrected chi connectivity index (χ3v) is 5.16. The maximum atomic E-state index is 11.4. The molecule has 0 aromatic heterocycles. The van der Waals surface area contributed by atoms with Crippen LogP contribution in [0.2, 0.25) is 5.02 Å². The van der Waals surface area contributed by atoms with Crippen LogP contribution in [0.15, 0.2) is 57.2 Å². The van der Waals surface area contributed by atoms with E-state index in [0.717, 1.165) is 9.79 Å². The van der Waals surface area contributed by atoms with Crippen LogP contribution < -0.4 is 5.73 Å². The summed E-state index contributed by atoms with van der Waals surface area (Å²) in [5.41, 5.74) is 5.90. The molecular formula is C14H13ClN2O2S2. The zero-order valence-corrected chi connectivity index (χ0v) is 13.5. The zero-order valence-electron chi connectivity index (χ0n) is 11.1. The number of halogens is 1. The molecule has 0 amide bonds. The summed E-state index contributed by atoms with van der Waals surface area (Å²) in [4.78, 5) is 2.07. The molecule has 0 spiro atoms. The van der Waals surface area contributed by atoms with E-state index < -0.39 is 9.84 Å². The third-order valence-electron chi connectivity index (χ3n) is 2.72. The Bertz CT molecular complexity index is 787. The number of nitrogens with one attached hydrogen (secondary N) is 1. The predicted octanol–water partition coefficient (Wildman–Crippen LogP) is 3.18. The van der Waals surface area contributed by atoms with Crippen LogP contribution in [0.3, 0.4) is 0 Å². The molecule has 7 heteroatoms. The van der Waals surface area contributed by atoms with E-state index in [-0.39, 0.29) is 10.7 Å². The first-order valence-corrected chi connectivity index (χ1v) is 8.98. The fourth-order valence-electron chi connectivity index (χ4n) is 1.67. The molecule has 0 heterocycles. The fraction of sp³-hybridized carbons (Fsp3) is 0.0714. The van der Waals surface area contributed by atoms with Crippen molar-refractivity contribution >= 4 is 39.0 Å². The van der Waals surface area contributed by atoms with Crippen molar-refractivity contribution in [3.8, 4) is 0 Å². The lowest BCUT2D eigenvalue weighted by molar-refractivity contribution is 0.602. The number of nitrogen functional groups attached to an aromatic ring is 1. The summed E-state index contributed by atoms with van der Waals surface area (Å²) in [5.74, 6) is -0.0749. The van der Waals surface area contributed by atoms with E-state index in [1.807, 2.05) is 6.07 Å². The number of benzene rings is 2. The minimum Gasteiger partial charge on any atom is -0.384 e. The summed E-state index contributed by atoms with van der Waals surface area (Å²) in [5, 5.41) is 7.80. The third kappa shape index (κ3) is 4.00. The molecule has 0 saturated heterocycles. The minimum atomic E-state index is -3.18. The molecule has 0 fully saturated rings. The van der Waals surface area contributed by atoms with Gasteiger partial charge in [-0.1, -0.05) is 23.4 Å². The van der Waals surface area contributed by atoms with Crippen LogP contribution in [0.1, 0.15) is 5.56 Å². The molecule has 0 saturated carbocycles. The van der Waals surface area contributed by atoms with Crippen molar-refractivity contribution in [2.75, 3.05) is 6.26 Å². The lowest BCUT2D eigenvalue weighted by Gasteiger charge is -2.06. The second kappa shape index (κ2) is 6.09. The van der Waals surface area contributed by atoms with Crippen molar-refractivity contribution in [3.05, 3.63) is 53.1 Å². The van der Waals surface area contributed by atoms with Gasteiger partial charge in [-0.25, -0.2) is 8.42 Å². The number of hydrogen-bond acceptors (Lipinski definition) is 4. The summed E-state index contributed by atoms with van der Waals surface area (Å²) in [6, 6.07) is 11.9. The Hall–Kier alpha value is -1.50. The molecule has 2 rings (SSSR count). The largest absolute Gasteiger partial charge is 0.384 e. The van der Waals surface area contributed by atoms with Gasteiger partial charge >= 0.3 is 0 Å². The minimum absolute atomic E-state index is 0.0749. The summed E-state index contributed by atoms with van der Waals surface area (Å²) in [7, 11) is -3.18. The van der Waals surface area contributed by atoms with Gasteiger partial charge in [-0.2, -0.15) is 0 Å². The van der Waals surface area contributed by atoms with E-state index in [0.29, 0.717) is 10.6 Å². The second-order valence-corrected chi connectivity index (χ2v) is 7.97. The van der Waals surface area contributed by atoms with Crippen LogP contribution in [0.4, 0.5) is 0 Å². The van der Waals surface area contributed by atoms with E-state index in [1.54, 1.807) is 36.4 Å². The first kappa shape index (κ1) is 15.9. The lowest BCUT2D eigenvalue weighted by Crippen LogP contribution is -2.11. The lowest BCUT2D eigenvalue weighted by atomic mass is 10.2. The Kier molecular flexibility index (Phi) is 4.61. The summed E-state index contributed by atoms with van der Waals surface area (Å²) in [6.07, 6.45) is 1.18. The van der Waals surface area contributed by atoms with Crippen molar-refractivity contribution in [1.82, 2.24) is 0 Å². The van der Waals surface area contributed by atoms with Gasteiger partial charge in [-0.05, 0) is 42.5 Å². The molecule has 0 radical (unpaired) electrons. The molecule has 0 bridgehead atoms. The Balaban J connectivity index is 2.23. The Labute approximate surface area is 132 Å². The summed E-state index contributed by atoms with van der Waals surface area (Å²) >= 11 is 7.51. The van der Waals surface area contributed by atoms with Crippen molar-refractivity contribution in [1.29, 1.82) is 5.41 Å². The highest BCUT2D eigenvalue weighted by molar-refractivity contribution is 7.99. The number of sulfone groups is 1. The Morgan fingerprint density at radius 2 is 1.71 bits per heavy atom. The van der Waals surface area contributed by atoms with Crippen LogP contribution in [0, 0.1) is 5.41 Å². The van der Waals surface area contributed by atoms with Crippen LogP contribution in [-0.2, 0) is 9.84 Å². The molecule has 2 aromatic rings. The summed E-state index contributed by atoms with van der Waals surface area (Å²) in [6.45, 7) is 0. The molecule has 0 aliphatic rings. The van der Waals surface area contributed by atoms with E-state index in [1.165, 1.54) is 18.0 Å². The zero-order chi connectivity index (χ0) is 15.6. The average molecular weight is 341 g/mol. The van der Waals surface area contributed by atoms with Crippen LogP contribution in [0.25, 0.3) is 0 Å². The maximum Gasteiger partial charge on any atom is 0.175 e. The van der Waals surface area contributed by atoms with Gasteiger partial charge in [0.05, 0.1) is 9.92 Å². The highest BCUT2D eigenvalue weighted by atomic mass is 35.5. The second-order valence-electron chi connectivity index (χ2n) is 4.40. The highest BCUT2D eigenvalue weighted by Crippen LogP contribution is 2.31. The number of nitrogens with two attached hydrogens (primary N) is 1. The SMILES string of the molecule is CS(=O)(=O)c1ccc(Sc2ccc(C(=N)N)c(Cl)c2)cc1. The standard InChI is InChI=1S/C14H13ClN2O2S2/c1-21(18,19)11-5-2-9(3-6-11)20-10-4-7-12(14(16)17)13(15)8-10/h2-8H,1H3,(H3,16,17). The topological polar surface area (TPSA) is 84.0 Å². The fourth-order valence-corrected chi connectivity index (χ4v) is 3.50. The Morgan fingerprint density at radius 1 is 1.14 bits per heavy atom. The van der Waals surface area contributed by atoms with Crippen LogP contribution in [-0.4, -0.2) is 20.5 Å². The smallest absolute Gasteiger partial charge is 0.175 e. The van der Waals surface area contributed by atoms with Gasteiger partial charge in [-0.3, -0.25) is 5.41 Å². The maximum absolute atomic E-state index is 11.4. The van der Waals surface area contributed by atoms with Crippen molar-refractivity contribution in [3.63, 3.8) is 0 Å². The van der Waals surface area contributed by atoms with Gasteiger partial charge in [-0.15, -0.1) is 0 Å². The van der Waals surface area contributed by atoms with Crippen LogP contribution >= 0.6 is 23.4 Å². The van der Waals surface area contributed by atoms with Gasteiger partial charge in [0.25, 0.3) is 0 Å². The van der Waals surface area contributed by atoms with Crippen LogP contribution in [0.5, 0.6) is 0 Å². The average Bonchev–Trinajstić information content (AvgIpc) is 2.38. The van der Waals surface area contributed by atoms with Crippen molar-refractivity contribution < 1.29 is 8.42 Å². The monoisotopic (exact) mass is 340 g/mol. The summed E-state index contributed by atoms with van der Waals surface area (Å²) < 4.78 is 22.8. The normalized spacial score (nSPS) is 11.3. The van der Waals surface area contributed by atoms with E-state index in [2.05, 4.69) is 0 Å². The number of rotatable bonds is 4. The number of hydrogen-bond donors (Lipinski definition) is 2. The van der Waals surface area contributed by atoms with E-state index in [4.69, 9.17) is 22.7 Å². The molecular weight excluding hydrogens is 328 g/mol. The van der Waals surface area contributed by atoms with Gasteiger partial charge < -0.3 is 5.73 Å². The van der Waals surface area contributed by atoms with Crippen molar-refractivity contribution in [2.45, 2.75) is 14.7 Å². The van der Waals surface area contributed by atoms with Gasteiger partial charge in [0.2, 0.25) is 0 Å². The van der Waals surface area contributed by atoms with Gasteiger partial charge in [0.15, 0.2) is 9.84 Å². The predicted molar refractivity (Wildman–Crippen MR) is 86.1 cm³/mol. The molecule has 3 N–H and O–H groups in total. The Morgan fingerprint density at radius 3 is 2.19 bits per heavy atom.